The number of rotatable bonds is 2. The number of carbonyl (C=O) groups excluding carboxylic acids is 1. The first kappa shape index (κ1) is 8.94. The Bertz CT molecular complexity index is 320. The molecule has 0 amide bonds. The summed E-state index contributed by atoms with van der Waals surface area (Å²) in [5.74, 6) is -0.430. The standard InChI is InChI=1S/C9H6ClFO/c10-8(5-6-12)7-3-1-2-4-9(7)11/h1-6H/b8-5-. The summed E-state index contributed by atoms with van der Waals surface area (Å²) in [5.41, 5.74) is 0.242. The van der Waals surface area contributed by atoms with Crippen LogP contribution in [-0.2, 0) is 4.79 Å². The van der Waals surface area contributed by atoms with Crippen molar-refractivity contribution >= 4 is 22.9 Å². The van der Waals surface area contributed by atoms with E-state index in [0.29, 0.717) is 6.29 Å². The molecule has 0 bridgehead atoms. The monoisotopic (exact) mass is 184 g/mol. The van der Waals surface area contributed by atoms with E-state index in [2.05, 4.69) is 0 Å². The normalized spacial score (nSPS) is 11.3. The summed E-state index contributed by atoms with van der Waals surface area (Å²) >= 11 is 5.60. The van der Waals surface area contributed by atoms with Crippen molar-refractivity contribution in [3.63, 3.8) is 0 Å². The highest BCUT2D eigenvalue weighted by molar-refractivity contribution is 6.49. The quantitative estimate of drug-likeness (QED) is 0.510. The van der Waals surface area contributed by atoms with Crippen LogP contribution < -0.4 is 0 Å². The van der Waals surface area contributed by atoms with Gasteiger partial charge in [-0.1, -0.05) is 29.8 Å². The van der Waals surface area contributed by atoms with Crippen molar-refractivity contribution in [1.29, 1.82) is 0 Å². The first-order valence-electron chi connectivity index (χ1n) is 3.31. The lowest BCUT2D eigenvalue weighted by molar-refractivity contribution is -0.104. The third-order valence-electron chi connectivity index (χ3n) is 1.35. The van der Waals surface area contributed by atoms with Crippen LogP contribution in [0.1, 0.15) is 5.56 Å². The third-order valence-corrected chi connectivity index (χ3v) is 1.68. The second-order valence-corrected chi connectivity index (χ2v) is 2.54. The van der Waals surface area contributed by atoms with E-state index in [1.165, 1.54) is 12.1 Å². The number of halogens is 2. The lowest BCUT2D eigenvalue weighted by Crippen LogP contribution is -1.83. The van der Waals surface area contributed by atoms with Gasteiger partial charge in [0.15, 0.2) is 0 Å². The Labute approximate surface area is 74.5 Å². The van der Waals surface area contributed by atoms with Crippen LogP contribution in [0.3, 0.4) is 0 Å². The van der Waals surface area contributed by atoms with Crippen molar-refractivity contribution in [2.24, 2.45) is 0 Å². The van der Waals surface area contributed by atoms with Crippen LogP contribution in [0.25, 0.3) is 5.03 Å². The van der Waals surface area contributed by atoms with Gasteiger partial charge in [0.2, 0.25) is 0 Å². The fourth-order valence-corrected chi connectivity index (χ4v) is 1.01. The number of benzene rings is 1. The maximum absolute atomic E-state index is 12.9. The van der Waals surface area contributed by atoms with Gasteiger partial charge in [-0.25, -0.2) is 4.39 Å². The highest BCUT2D eigenvalue weighted by Gasteiger charge is 2.02. The number of allylic oxidation sites excluding steroid dienone is 1. The first-order valence-corrected chi connectivity index (χ1v) is 3.69. The average Bonchev–Trinajstić information content (AvgIpc) is 2.05. The molecule has 0 saturated heterocycles. The molecular formula is C9H6ClFO. The van der Waals surface area contributed by atoms with Gasteiger partial charge < -0.3 is 0 Å². The van der Waals surface area contributed by atoms with Crippen molar-refractivity contribution in [2.45, 2.75) is 0 Å². The van der Waals surface area contributed by atoms with Gasteiger partial charge in [0, 0.05) is 5.56 Å². The van der Waals surface area contributed by atoms with Crippen LogP contribution in [0.15, 0.2) is 30.3 Å². The maximum Gasteiger partial charge on any atom is 0.144 e. The molecule has 12 heavy (non-hydrogen) atoms. The van der Waals surface area contributed by atoms with Crippen molar-refractivity contribution in [3.8, 4) is 0 Å². The molecule has 1 aromatic carbocycles. The molecule has 0 N–H and O–H groups in total. The first-order chi connectivity index (χ1) is 5.75. The Hall–Kier alpha value is -1.15. The Kier molecular flexibility index (Phi) is 3.00. The Morgan fingerprint density at radius 3 is 2.67 bits per heavy atom. The Morgan fingerprint density at radius 1 is 1.42 bits per heavy atom. The zero-order valence-electron chi connectivity index (χ0n) is 6.13. The van der Waals surface area contributed by atoms with Crippen molar-refractivity contribution in [1.82, 2.24) is 0 Å². The molecule has 1 nitrogen and oxygen atoms in total. The Morgan fingerprint density at radius 2 is 2.08 bits per heavy atom. The second-order valence-electron chi connectivity index (χ2n) is 2.13. The largest absolute Gasteiger partial charge is 0.299 e. The van der Waals surface area contributed by atoms with Gasteiger partial charge >= 0.3 is 0 Å². The van der Waals surface area contributed by atoms with Crippen LogP contribution in [0.4, 0.5) is 4.39 Å². The predicted octanol–water partition coefficient (Wildman–Crippen LogP) is 2.60. The summed E-state index contributed by atoms with van der Waals surface area (Å²) in [6.07, 6.45) is 1.63. The van der Waals surface area contributed by atoms with E-state index >= 15 is 0 Å². The van der Waals surface area contributed by atoms with E-state index in [1.54, 1.807) is 12.1 Å². The minimum atomic E-state index is -0.430. The van der Waals surface area contributed by atoms with Gasteiger partial charge in [-0.3, -0.25) is 4.79 Å². The molecule has 0 atom stereocenters. The van der Waals surface area contributed by atoms with Gasteiger partial charge in [0.1, 0.15) is 12.1 Å². The molecule has 0 aromatic heterocycles. The molecule has 3 heteroatoms. The summed E-state index contributed by atoms with van der Waals surface area (Å²) in [7, 11) is 0. The molecule has 0 aliphatic rings. The van der Waals surface area contributed by atoms with Crippen LogP contribution in [0.2, 0.25) is 0 Å². The lowest BCUT2D eigenvalue weighted by atomic mass is 10.2. The summed E-state index contributed by atoms with van der Waals surface area (Å²) in [5, 5.41) is 0.114. The number of carbonyl (C=O) groups is 1. The third kappa shape index (κ3) is 1.92. The van der Waals surface area contributed by atoms with Crippen molar-refractivity contribution < 1.29 is 9.18 Å². The molecule has 0 aliphatic heterocycles. The van der Waals surface area contributed by atoms with Crippen molar-refractivity contribution in [3.05, 3.63) is 41.7 Å². The number of aldehydes is 1. The van der Waals surface area contributed by atoms with E-state index in [0.717, 1.165) is 6.08 Å². The van der Waals surface area contributed by atoms with E-state index in [9.17, 15) is 9.18 Å². The van der Waals surface area contributed by atoms with E-state index in [-0.39, 0.29) is 10.6 Å². The maximum atomic E-state index is 12.9. The molecular weight excluding hydrogens is 179 g/mol. The average molecular weight is 185 g/mol. The summed E-state index contributed by atoms with van der Waals surface area (Å²) in [6.45, 7) is 0. The molecule has 0 unspecified atom stereocenters. The van der Waals surface area contributed by atoms with Gasteiger partial charge in [-0.2, -0.15) is 0 Å². The number of hydrogen-bond acceptors (Lipinski definition) is 1. The molecule has 62 valence electrons. The molecule has 0 radical (unpaired) electrons. The smallest absolute Gasteiger partial charge is 0.144 e. The summed E-state index contributed by atoms with van der Waals surface area (Å²) in [4.78, 5) is 10.0. The van der Waals surface area contributed by atoms with Gasteiger partial charge in [-0.15, -0.1) is 0 Å². The molecule has 1 rings (SSSR count). The Balaban J connectivity index is 3.10. The van der Waals surface area contributed by atoms with Crippen LogP contribution in [-0.4, -0.2) is 6.29 Å². The van der Waals surface area contributed by atoms with Crippen LogP contribution in [0.5, 0.6) is 0 Å². The molecule has 0 spiro atoms. The SMILES string of the molecule is O=C/C=C(\Cl)c1ccccc1F. The highest BCUT2D eigenvalue weighted by atomic mass is 35.5. The van der Waals surface area contributed by atoms with E-state index in [1.807, 2.05) is 0 Å². The summed E-state index contributed by atoms with van der Waals surface area (Å²) in [6, 6.07) is 6.01. The van der Waals surface area contributed by atoms with E-state index < -0.39 is 5.82 Å². The second kappa shape index (κ2) is 4.02. The van der Waals surface area contributed by atoms with Crippen molar-refractivity contribution in [2.75, 3.05) is 0 Å². The topological polar surface area (TPSA) is 17.1 Å². The summed E-state index contributed by atoms with van der Waals surface area (Å²) < 4.78 is 12.9. The minimum absolute atomic E-state index is 0.114. The van der Waals surface area contributed by atoms with Gasteiger partial charge in [0.25, 0.3) is 0 Å². The highest BCUT2D eigenvalue weighted by Crippen LogP contribution is 2.20. The van der Waals surface area contributed by atoms with Gasteiger partial charge in [0.05, 0.1) is 5.03 Å². The molecule has 1 aromatic rings. The minimum Gasteiger partial charge on any atom is -0.299 e. The van der Waals surface area contributed by atoms with Crippen LogP contribution in [0, 0.1) is 5.82 Å². The lowest BCUT2D eigenvalue weighted by Gasteiger charge is -1.98. The molecule has 0 saturated carbocycles. The zero-order valence-corrected chi connectivity index (χ0v) is 6.88. The molecule has 0 fully saturated rings. The molecule has 0 aliphatic carbocycles. The van der Waals surface area contributed by atoms with E-state index in [4.69, 9.17) is 11.6 Å². The molecule has 0 heterocycles. The van der Waals surface area contributed by atoms with Crippen LogP contribution >= 0.6 is 11.6 Å². The fraction of sp³-hybridized carbons (Fsp3) is 0. The van der Waals surface area contributed by atoms with Gasteiger partial charge in [-0.05, 0) is 12.1 Å². The number of hydrogen-bond donors (Lipinski definition) is 0. The zero-order chi connectivity index (χ0) is 8.97. The fourth-order valence-electron chi connectivity index (χ4n) is 0.804. The predicted molar refractivity (Wildman–Crippen MR) is 46.3 cm³/mol.